The largest absolute Gasteiger partial charge is 0.447 e. The second-order valence-electron chi connectivity index (χ2n) is 18.1. The number of carbonyl (C=O) groups is 2. The van der Waals surface area contributed by atoms with E-state index in [-0.39, 0.29) is 18.6 Å². The van der Waals surface area contributed by atoms with Crippen LogP contribution in [0, 0.1) is 0 Å². The van der Waals surface area contributed by atoms with Gasteiger partial charge in [-0.2, -0.15) is 0 Å². The number of nitrogens with two attached hydrogens (primary N) is 1. The Morgan fingerprint density at radius 1 is 0.475 bits per heavy atom. The van der Waals surface area contributed by atoms with Crippen LogP contribution in [0.1, 0.15) is 258 Å². The molecule has 2 atom stereocenters. The van der Waals surface area contributed by atoms with Crippen LogP contribution in [0.5, 0.6) is 0 Å². The van der Waals surface area contributed by atoms with Gasteiger partial charge in [0.05, 0.1) is 12.4 Å². The quantitative estimate of drug-likeness (QED) is 0.0449. The zero-order valence-electron chi connectivity index (χ0n) is 40.9. The summed E-state index contributed by atoms with van der Waals surface area (Å²) >= 11 is 0. The fourth-order valence-electron chi connectivity index (χ4n) is 7.90. The maximum atomic E-state index is 13.2. The van der Waals surface area contributed by atoms with Crippen LogP contribution in [0.4, 0.5) is 4.79 Å². The fourth-order valence-corrected chi connectivity index (χ4v) is 7.90. The van der Waals surface area contributed by atoms with Crippen LogP contribution >= 0.6 is 0 Å². The molecule has 362 valence electrons. The summed E-state index contributed by atoms with van der Waals surface area (Å²) in [6, 6.07) is -0.751. The molecule has 0 bridgehead atoms. The molecule has 0 spiro atoms. The molecule has 0 heterocycles. The summed E-state index contributed by atoms with van der Waals surface area (Å²) in [6.45, 7) is 13.3. The molecule has 0 aromatic rings. The maximum Gasteiger partial charge on any atom is 0.407 e. The summed E-state index contributed by atoms with van der Waals surface area (Å²) in [5.74, 6) is 0.116. The van der Waals surface area contributed by atoms with Gasteiger partial charge in [-0.15, -0.1) is 0 Å². The van der Waals surface area contributed by atoms with E-state index in [9.17, 15) is 9.59 Å². The first-order valence-electron chi connectivity index (χ1n) is 26.5. The van der Waals surface area contributed by atoms with Crippen LogP contribution in [0.2, 0.25) is 0 Å². The summed E-state index contributed by atoms with van der Waals surface area (Å²) in [7, 11) is 0. The van der Waals surface area contributed by atoms with Crippen molar-refractivity contribution in [2.45, 2.75) is 270 Å². The number of unbranched alkanes of at least 4 members (excludes halogenated alkanes) is 33. The third kappa shape index (κ3) is 45.8. The molecule has 2 unspecified atom stereocenters. The molecular weight excluding hydrogens is 761 g/mol. The number of carbonyl (C=O) groups excluding carboxylic acids is 2. The first kappa shape index (κ1) is 59.0. The molecule has 0 aromatic carbocycles. The number of alkyl carbamates (subject to hydrolysis) is 1. The van der Waals surface area contributed by atoms with E-state index in [4.69, 9.17) is 19.9 Å². The minimum Gasteiger partial charge on any atom is -0.447 e. The standard InChI is InChI=1S/C52H104N4O5/c1-5-8-11-14-17-20-23-26-29-32-35-38-42-55-51(57)50(41-43-54-48(4)53)56-52(58)61-47-49(60-45-40-37-34-31-28-25-22-19-16-13-10-7-3)46-59-44-39-36-33-30-27-24-21-18-15-12-9-6-2/h49-50,54H,4-47,53H2,1-3H3,(H,55,57)(H,56,58). The van der Waals surface area contributed by atoms with Gasteiger partial charge >= 0.3 is 6.09 Å². The Morgan fingerprint density at radius 2 is 0.852 bits per heavy atom. The van der Waals surface area contributed by atoms with Crippen LogP contribution in [0.3, 0.4) is 0 Å². The van der Waals surface area contributed by atoms with E-state index in [1.54, 1.807) is 0 Å². The van der Waals surface area contributed by atoms with Crippen molar-refractivity contribution in [1.82, 2.24) is 16.0 Å². The van der Waals surface area contributed by atoms with Crippen molar-refractivity contribution < 1.29 is 23.8 Å². The summed E-state index contributed by atoms with van der Waals surface area (Å²) in [4.78, 5) is 26.3. The first-order chi connectivity index (χ1) is 29.9. The molecule has 9 nitrogen and oxygen atoms in total. The Bertz CT molecular complexity index is 937. The van der Waals surface area contributed by atoms with Crippen molar-refractivity contribution in [2.75, 3.05) is 39.5 Å². The zero-order valence-corrected chi connectivity index (χ0v) is 40.9. The highest BCUT2D eigenvalue weighted by Crippen LogP contribution is 2.15. The summed E-state index contributed by atoms with van der Waals surface area (Å²) in [6.07, 6.45) is 45.8. The summed E-state index contributed by atoms with van der Waals surface area (Å²) < 4.78 is 18.0. The molecule has 5 N–H and O–H groups in total. The second-order valence-corrected chi connectivity index (χ2v) is 18.1. The average Bonchev–Trinajstić information content (AvgIpc) is 3.25. The SMILES string of the molecule is C=C(N)NCCC(NC(=O)OCC(COCCCCCCCCCCCCCC)OCCCCCCCCCCCCCC)C(=O)NCCCCCCCCCCCCCC. The lowest BCUT2D eigenvalue weighted by Crippen LogP contribution is -2.48. The average molecular weight is 865 g/mol. The Hall–Kier alpha value is -2.00. The molecule has 0 rings (SSSR count). The van der Waals surface area contributed by atoms with Gasteiger partial charge in [0, 0.05) is 26.3 Å². The van der Waals surface area contributed by atoms with E-state index in [0.717, 1.165) is 32.1 Å². The van der Waals surface area contributed by atoms with E-state index in [1.807, 2.05) is 0 Å². The van der Waals surface area contributed by atoms with Gasteiger partial charge in [-0.05, 0) is 25.7 Å². The summed E-state index contributed by atoms with van der Waals surface area (Å²) in [5.41, 5.74) is 5.70. The number of hydrogen-bond donors (Lipinski definition) is 4. The van der Waals surface area contributed by atoms with Gasteiger partial charge in [0.25, 0.3) is 0 Å². The van der Waals surface area contributed by atoms with Crippen molar-refractivity contribution in [3.63, 3.8) is 0 Å². The Morgan fingerprint density at radius 3 is 1.26 bits per heavy atom. The zero-order chi connectivity index (χ0) is 44.5. The minimum atomic E-state index is -0.751. The van der Waals surface area contributed by atoms with Crippen LogP contribution in [0.25, 0.3) is 0 Å². The van der Waals surface area contributed by atoms with Crippen LogP contribution in [-0.2, 0) is 19.0 Å². The third-order valence-corrected chi connectivity index (χ3v) is 11.9. The molecule has 9 heteroatoms. The topological polar surface area (TPSA) is 124 Å². The second kappa shape index (κ2) is 49.0. The maximum absolute atomic E-state index is 13.2. The van der Waals surface area contributed by atoms with Gasteiger partial charge in [0.15, 0.2) is 0 Å². The Labute approximate surface area is 378 Å². The van der Waals surface area contributed by atoms with E-state index < -0.39 is 12.1 Å². The Kier molecular flexibility index (Phi) is 47.4. The first-order valence-corrected chi connectivity index (χ1v) is 26.5. The molecule has 0 aliphatic heterocycles. The number of hydrogen-bond acceptors (Lipinski definition) is 7. The molecule has 2 amide bonds. The van der Waals surface area contributed by atoms with Crippen LogP contribution < -0.4 is 21.7 Å². The predicted molar refractivity (Wildman–Crippen MR) is 261 cm³/mol. The van der Waals surface area contributed by atoms with Crippen molar-refractivity contribution in [2.24, 2.45) is 5.73 Å². The Balaban J connectivity index is 4.68. The molecule has 0 aliphatic rings. The number of ether oxygens (including phenoxy) is 3. The fraction of sp³-hybridized carbons (Fsp3) is 0.923. The van der Waals surface area contributed by atoms with E-state index >= 15 is 0 Å². The van der Waals surface area contributed by atoms with Gasteiger partial charge in [-0.3, -0.25) is 4.79 Å². The number of nitrogens with one attached hydrogen (secondary N) is 3. The molecule has 0 saturated carbocycles. The normalized spacial score (nSPS) is 12.3. The van der Waals surface area contributed by atoms with Crippen molar-refractivity contribution >= 4 is 12.0 Å². The van der Waals surface area contributed by atoms with E-state index in [1.165, 1.54) is 199 Å². The molecule has 0 aromatic heterocycles. The van der Waals surface area contributed by atoms with Gasteiger partial charge in [-0.1, -0.05) is 239 Å². The smallest absolute Gasteiger partial charge is 0.407 e. The van der Waals surface area contributed by atoms with Gasteiger partial charge < -0.3 is 35.9 Å². The lowest BCUT2D eigenvalue weighted by atomic mass is 10.1. The highest BCUT2D eigenvalue weighted by Gasteiger charge is 2.22. The molecular formula is C52H104N4O5. The molecule has 0 aliphatic carbocycles. The van der Waals surface area contributed by atoms with E-state index in [0.29, 0.717) is 45.2 Å². The minimum absolute atomic E-state index is 0.0770. The van der Waals surface area contributed by atoms with Gasteiger partial charge in [0.2, 0.25) is 5.91 Å². The highest BCUT2D eigenvalue weighted by atomic mass is 16.6. The monoisotopic (exact) mass is 865 g/mol. The highest BCUT2D eigenvalue weighted by molar-refractivity contribution is 5.85. The molecule has 0 radical (unpaired) electrons. The van der Waals surface area contributed by atoms with Crippen molar-refractivity contribution in [3.05, 3.63) is 12.4 Å². The van der Waals surface area contributed by atoms with Crippen LogP contribution in [0.15, 0.2) is 12.4 Å². The molecule has 0 saturated heterocycles. The molecule has 0 fully saturated rings. The van der Waals surface area contributed by atoms with E-state index in [2.05, 4.69) is 43.3 Å². The summed E-state index contributed by atoms with van der Waals surface area (Å²) in [5, 5.41) is 8.79. The van der Waals surface area contributed by atoms with Crippen molar-refractivity contribution in [1.29, 1.82) is 0 Å². The number of amides is 2. The molecule has 61 heavy (non-hydrogen) atoms. The van der Waals surface area contributed by atoms with Gasteiger partial charge in [-0.25, -0.2) is 4.79 Å². The predicted octanol–water partition coefficient (Wildman–Crippen LogP) is 14.1. The number of rotatable bonds is 50. The lowest BCUT2D eigenvalue weighted by molar-refractivity contribution is -0.123. The lowest BCUT2D eigenvalue weighted by Gasteiger charge is -2.21. The van der Waals surface area contributed by atoms with Gasteiger partial charge in [0.1, 0.15) is 18.8 Å². The van der Waals surface area contributed by atoms with Crippen molar-refractivity contribution in [3.8, 4) is 0 Å². The third-order valence-electron chi connectivity index (χ3n) is 11.9. The van der Waals surface area contributed by atoms with Crippen LogP contribution in [-0.4, -0.2) is 63.7 Å².